The number of amides is 2. The van der Waals surface area contributed by atoms with Crippen molar-refractivity contribution in [1.82, 2.24) is 15.5 Å². The zero-order valence-corrected chi connectivity index (χ0v) is 21.4. The van der Waals surface area contributed by atoms with Gasteiger partial charge in [0.15, 0.2) is 0 Å². The summed E-state index contributed by atoms with van der Waals surface area (Å²) in [6.45, 7) is 5.09. The highest BCUT2D eigenvalue weighted by molar-refractivity contribution is 5.95. The maximum Gasteiger partial charge on any atom is 0.244 e. The van der Waals surface area contributed by atoms with Crippen LogP contribution in [0.2, 0.25) is 0 Å². The van der Waals surface area contributed by atoms with Crippen LogP contribution in [-0.4, -0.2) is 69.3 Å². The molecule has 2 N–H and O–H groups in total. The Morgan fingerprint density at radius 2 is 1.89 bits per heavy atom. The number of methoxy groups -OCH3 is 1. The van der Waals surface area contributed by atoms with Crippen LogP contribution in [0.5, 0.6) is 11.5 Å². The summed E-state index contributed by atoms with van der Waals surface area (Å²) in [6.07, 6.45) is 5.21. The summed E-state index contributed by atoms with van der Waals surface area (Å²) in [5.74, 6) is 0.921. The highest BCUT2D eigenvalue weighted by Gasteiger charge is 2.18. The van der Waals surface area contributed by atoms with Crippen LogP contribution in [0.15, 0.2) is 54.6 Å². The molecular formula is C28H37N3O5. The molecule has 0 bridgehead atoms. The lowest BCUT2D eigenvalue weighted by Crippen LogP contribution is -2.44. The number of rotatable bonds is 12. The third kappa shape index (κ3) is 9.02. The number of carbonyl (C=O) groups is 2. The predicted octanol–water partition coefficient (Wildman–Crippen LogP) is 3.02. The second-order valence-corrected chi connectivity index (χ2v) is 8.87. The van der Waals surface area contributed by atoms with Crippen molar-refractivity contribution in [1.29, 1.82) is 0 Å². The molecule has 0 aromatic heterocycles. The molecule has 1 aliphatic rings. The van der Waals surface area contributed by atoms with Crippen molar-refractivity contribution < 1.29 is 23.8 Å². The van der Waals surface area contributed by atoms with Crippen molar-refractivity contribution >= 4 is 17.9 Å². The number of nitrogens with one attached hydrogen (secondary N) is 2. The van der Waals surface area contributed by atoms with Crippen molar-refractivity contribution in [3.63, 3.8) is 0 Å². The van der Waals surface area contributed by atoms with Crippen LogP contribution in [0.4, 0.5) is 0 Å². The summed E-state index contributed by atoms with van der Waals surface area (Å²) >= 11 is 0. The monoisotopic (exact) mass is 495 g/mol. The van der Waals surface area contributed by atoms with Gasteiger partial charge in [-0.25, -0.2) is 0 Å². The quantitative estimate of drug-likeness (QED) is 0.440. The first kappa shape index (κ1) is 27.2. The molecule has 1 atom stereocenters. The van der Waals surface area contributed by atoms with Crippen LogP contribution in [-0.2, 0) is 20.9 Å². The summed E-state index contributed by atoms with van der Waals surface area (Å²) in [7, 11) is 3.73. The molecular weight excluding hydrogens is 458 g/mol. The Morgan fingerprint density at radius 1 is 1.14 bits per heavy atom. The maximum absolute atomic E-state index is 12.5. The molecule has 0 spiro atoms. The van der Waals surface area contributed by atoms with E-state index in [0.29, 0.717) is 19.2 Å². The van der Waals surface area contributed by atoms with Crippen molar-refractivity contribution in [2.75, 3.05) is 40.5 Å². The fraction of sp³-hybridized carbons (Fsp3) is 0.429. The molecule has 194 valence electrons. The molecule has 8 nitrogen and oxygen atoms in total. The minimum atomic E-state index is -0.668. The Labute approximate surface area is 213 Å². The number of hydrogen-bond donors (Lipinski definition) is 2. The summed E-state index contributed by atoms with van der Waals surface area (Å²) in [5.41, 5.74) is 1.79. The van der Waals surface area contributed by atoms with Crippen molar-refractivity contribution in [3.05, 3.63) is 65.7 Å². The topological polar surface area (TPSA) is 89.1 Å². The molecule has 2 aromatic rings. The number of likely N-dealkylation sites (N-methyl/N-ethyl adjacent to an activating group) is 1. The van der Waals surface area contributed by atoms with E-state index in [0.717, 1.165) is 55.2 Å². The van der Waals surface area contributed by atoms with Gasteiger partial charge in [0.25, 0.3) is 0 Å². The van der Waals surface area contributed by atoms with E-state index in [2.05, 4.69) is 22.6 Å². The van der Waals surface area contributed by atoms with Gasteiger partial charge < -0.3 is 24.8 Å². The van der Waals surface area contributed by atoms with Gasteiger partial charge in [-0.2, -0.15) is 0 Å². The average Bonchev–Trinajstić information content (AvgIpc) is 2.91. The Kier molecular flexibility index (Phi) is 10.8. The molecule has 0 saturated carbocycles. The first-order valence-corrected chi connectivity index (χ1v) is 12.3. The van der Waals surface area contributed by atoms with Crippen LogP contribution in [0.3, 0.4) is 0 Å². The van der Waals surface area contributed by atoms with Gasteiger partial charge in [-0.3, -0.25) is 14.5 Å². The second-order valence-electron chi connectivity index (χ2n) is 8.87. The van der Waals surface area contributed by atoms with Gasteiger partial charge in [-0.15, -0.1) is 0 Å². The normalized spacial score (nSPS) is 15.0. The number of ether oxygens (including phenoxy) is 3. The molecule has 0 aliphatic carbocycles. The molecule has 1 unspecified atom stereocenters. The van der Waals surface area contributed by atoms with Gasteiger partial charge in [0.2, 0.25) is 11.8 Å². The molecule has 1 aliphatic heterocycles. The van der Waals surface area contributed by atoms with Gasteiger partial charge in [-0.05, 0) is 68.3 Å². The standard InChI is InChI=1S/C28H37N3O5/c1-21(30-27(32)12-9-22-7-10-25(34-3)11-8-22)28(33)29-20-23-5-4-6-26(19-23)36-18-15-31(2)24-13-16-35-17-14-24/h4-12,19,21,24H,13-18,20H2,1-3H3,(H,29,33)(H,30,32)/b12-9+. The molecule has 1 heterocycles. The lowest BCUT2D eigenvalue weighted by atomic mass is 10.1. The molecule has 2 amide bonds. The zero-order valence-electron chi connectivity index (χ0n) is 21.4. The minimum absolute atomic E-state index is 0.259. The molecule has 3 rings (SSSR count). The average molecular weight is 496 g/mol. The molecule has 1 saturated heterocycles. The van der Waals surface area contributed by atoms with Crippen LogP contribution in [0.25, 0.3) is 6.08 Å². The van der Waals surface area contributed by atoms with E-state index >= 15 is 0 Å². The zero-order chi connectivity index (χ0) is 25.8. The van der Waals surface area contributed by atoms with E-state index in [-0.39, 0.29) is 11.8 Å². The van der Waals surface area contributed by atoms with Crippen LogP contribution < -0.4 is 20.1 Å². The fourth-order valence-corrected chi connectivity index (χ4v) is 3.92. The van der Waals surface area contributed by atoms with Gasteiger partial charge in [-0.1, -0.05) is 24.3 Å². The van der Waals surface area contributed by atoms with E-state index in [1.807, 2.05) is 48.5 Å². The predicted molar refractivity (Wildman–Crippen MR) is 140 cm³/mol. The van der Waals surface area contributed by atoms with Crippen LogP contribution >= 0.6 is 0 Å². The van der Waals surface area contributed by atoms with Crippen LogP contribution in [0.1, 0.15) is 30.9 Å². The number of carbonyl (C=O) groups excluding carboxylic acids is 2. The fourth-order valence-electron chi connectivity index (χ4n) is 3.92. The van der Waals surface area contributed by atoms with Gasteiger partial charge in [0.05, 0.1) is 7.11 Å². The first-order chi connectivity index (χ1) is 17.4. The summed E-state index contributed by atoms with van der Waals surface area (Å²) in [6, 6.07) is 14.9. The molecule has 2 aromatic carbocycles. The van der Waals surface area contributed by atoms with E-state index in [9.17, 15) is 9.59 Å². The molecule has 1 fully saturated rings. The summed E-state index contributed by atoms with van der Waals surface area (Å²) in [4.78, 5) is 27.0. The van der Waals surface area contributed by atoms with Crippen molar-refractivity contribution in [3.8, 4) is 11.5 Å². The molecule has 0 radical (unpaired) electrons. The lowest BCUT2D eigenvalue weighted by Gasteiger charge is -2.31. The summed E-state index contributed by atoms with van der Waals surface area (Å²) in [5, 5.41) is 5.55. The highest BCUT2D eigenvalue weighted by Crippen LogP contribution is 2.15. The smallest absolute Gasteiger partial charge is 0.244 e. The Morgan fingerprint density at radius 3 is 2.61 bits per heavy atom. The lowest BCUT2D eigenvalue weighted by molar-refractivity contribution is -0.126. The second kappa shape index (κ2) is 14.3. The maximum atomic E-state index is 12.5. The number of benzene rings is 2. The first-order valence-electron chi connectivity index (χ1n) is 12.3. The Hall–Kier alpha value is -3.36. The Balaban J connectivity index is 1.38. The molecule has 8 heteroatoms. The van der Waals surface area contributed by atoms with Crippen molar-refractivity contribution in [2.24, 2.45) is 0 Å². The summed E-state index contributed by atoms with van der Waals surface area (Å²) < 4.78 is 16.5. The number of hydrogen-bond acceptors (Lipinski definition) is 6. The highest BCUT2D eigenvalue weighted by atomic mass is 16.5. The van der Waals surface area contributed by atoms with Crippen LogP contribution in [0, 0.1) is 0 Å². The SMILES string of the molecule is COc1ccc(/C=C/C(=O)NC(C)C(=O)NCc2cccc(OCCN(C)C3CCOCC3)c2)cc1. The van der Waals surface area contributed by atoms with Gasteiger partial charge in [0.1, 0.15) is 24.1 Å². The van der Waals surface area contributed by atoms with Crippen molar-refractivity contribution in [2.45, 2.75) is 38.4 Å². The minimum Gasteiger partial charge on any atom is -0.497 e. The van der Waals surface area contributed by atoms with E-state index in [1.165, 1.54) is 6.08 Å². The third-order valence-corrected chi connectivity index (χ3v) is 6.19. The van der Waals surface area contributed by atoms with E-state index < -0.39 is 6.04 Å². The van der Waals surface area contributed by atoms with E-state index in [1.54, 1.807) is 20.1 Å². The third-order valence-electron chi connectivity index (χ3n) is 6.19. The Bertz CT molecular complexity index is 1000. The molecule has 36 heavy (non-hydrogen) atoms. The largest absolute Gasteiger partial charge is 0.497 e. The number of nitrogens with zero attached hydrogens (tertiary/aromatic N) is 1. The van der Waals surface area contributed by atoms with E-state index in [4.69, 9.17) is 14.2 Å². The van der Waals surface area contributed by atoms with Gasteiger partial charge in [0, 0.05) is 38.4 Å². The van der Waals surface area contributed by atoms with Gasteiger partial charge >= 0.3 is 0 Å².